The van der Waals surface area contributed by atoms with Crippen LogP contribution in [0.2, 0.25) is 0 Å². The molecule has 0 radical (unpaired) electrons. The Balaban J connectivity index is 1.89. The summed E-state index contributed by atoms with van der Waals surface area (Å²) in [7, 11) is 0. The first-order valence-electron chi connectivity index (χ1n) is 7.05. The average Bonchev–Trinajstić information content (AvgIpc) is 2.94. The van der Waals surface area contributed by atoms with E-state index in [4.69, 9.17) is 0 Å². The lowest BCUT2D eigenvalue weighted by Crippen LogP contribution is -2.13. The van der Waals surface area contributed by atoms with Crippen LogP contribution >= 0.6 is 0 Å². The lowest BCUT2D eigenvalue weighted by atomic mass is 9.96. The highest BCUT2D eigenvalue weighted by molar-refractivity contribution is 5.79. The fourth-order valence-electron chi connectivity index (χ4n) is 2.61. The van der Waals surface area contributed by atoms with Crippen LogP contribution in [0, 0.1) is 5.82 Å². The second-order valence-corrected chi connectivity index (χ2v) is 5.16. The predicted molar refractivity (Wildman–Crippen MR) is 77.2 cm³/mol. The Bertz CT molecular complexity index is 670. The van der Waals surface area contributed by atoms with Crippen LogP contribution in [-0.4, -0.2) is 22.4 Å². The van der Waals surface area contributed by atoms with E-state index >= 15 is 0 Å². The van der Waals surface area contributed by atoms with Crippen molar-refractivity contribution in [2.75, 3.05) is 6.54 Å². The number of hydrogen-bond acceptors (Lipinski definition) is 3. The van der Waals surface area contributed by atoms with Gasteiger partial charge in [-0.25, -0.2) is 14.4 Å². The number of carbonyl (C=O) groups excluding carboxylic acids is 1. The van der Waals surface area contributed by atoms with Crippen molar-refractivity contribution in [3.05, 3.63) is 47.7 Å². The minimum atomic E-state index is -0.356. The molecule has 1 fully saturated rings. The second kappa shape index (κ2) is 5.60. The number of nitrogens with zero attached hydrogens (tertiary/aromatic N) is 2. The Morgan fingerprint density at radius 3 is 2.67 bits per heavy atom. The van der Waals surface area contributed by atoms with Gasteiger partial charge >= 0.3 is 0 Å². The molecule has 1 aromatic carbocycles. The zero-order valence-electron chi connectivity index (χ0n) is 11.8. The van der Waals surface area contributed by atoms with E-state index in [0.29, 0.717) is 30.8 Å². The van der Waals surface area contributed by atoms with Gasteiger partial charge in [0.05, 0.1) is 5.69 Å². The van der Waals surface area contributed by atoms with Gasteiger partial charge in [0.25, 0.3) is 0 Å². The highest BCUT2D eigenvalue weighted by Crippen LogP contribution is 2.27. The van der Waals surface area contributed by atoms with Crippen LogP contribution in [-0.2, 0) is 11.2 Å². The van der Waals surface area contributed by atoms with Crippen LogP contribution < -0.4 is 5.32 Å². The molecule has 4 nitrogen and oxygen atoms in total. The number of hydrogen-bond donors (Lipinski definition) is 1. The number of rotatable bonds is 3. The fourth-order valence-corrected chi connectivity index (χ4v) is 2.61. The maximum Gasteiger partial charge on any atom is 0.220 e. The van der Waals surface area contributed by atoms with Gasteiger partial charge in [-0.3, -0.25) is 4.79 Å². The van der Waals surface area contributed by atoms with Crippen LogP contribution in [0.4, 0.5) is 4.39 Å². The highest BCUT2D eigenvalue weighted by Gasteiger charge is 2.23. The predicted octanol–water partition coefficient (Wildman–Crippen LogP) is 2.45. The van der Waals surface area contributed by atoms with Crippen molar-refractivity contribution < 1.29 is 9.18 Å². The third-order valence-electron chi connectivity index (χ3n) is 3.83. The molecular formula is C16H16FN3O. The van der Waals surface area contributed by atoms with Crippen LogP contribution in [0.5, 0.6) is 0 Å². The van der Waals surface area contributed by atoms with E-state index in [9.17, 15) is 9.18 Å². The van der Waals surface area contributed by atoms with Gasteiger partial charge in [-0.05, 0) is 12.0 Å². The monoisotopic (exact) mass is 285 g/mol. The lowest BCUT2D eigenvalue weighted by Gasteiger charge is -2.09. The zero-order chi connectivity index (χ0) is 14.8. The second-order valence-electron chi connectivity index (χ2n) is 5.16. The van der Waals surface area contributed by atoms with Gasteiger partial charge in [-0.2, -0.15) is 0 Å². The molecule has 1 N–H and O–H groups in total. The van der Waals surface area contributed by atoms with Gasteiger partial charge in [-0.15, -0.1) is 0 Å². The molecule has 108 valence electrons. The maximum atomic E-state index is 14.2. The summed E-state index contributed by atoms with van der Waals surface area (Å²) in [6.45, 7) is 2.53. The first-order valence-corrected chi connectivity index (χ1v) is 7.05. The van der Waals surface area contributed by atoms with Crippen LogP contribution in [0.3, 0.4) is 0 Å². The van der Waals surface area contributed by atoms with Gasteiger partial charge in [-0.1, -0.05) is 31.2 Å². The molecule has 0 saturated carbocycles. The molecule has 1 aliphatic rings. The Morgan fingerprint density at radius 2 is 2.05 bits per heavy atom. The summed E-state index contributed by atoms with van der Waals surface area (Å²) in [5.74, 6) is -0.0723. The largest absolute Gasteiger partial charge is 0.355 e. The van der Waals surface area contributed by atoms with Crippen LogP contribution in [0.15, 0.2) is 30.6 Å². The molecule has 1 saturated heterocycles. The van der Waals surface area contributed by atoms with Crippen molar-refractivity contribution in [1.82, 2.24) is 15.3 Å². The van der Waals surface area contributed by atoms with Gasteiger partial charge in [0.2, 0.25) is 5.91 Å². The molecular weight excluding hydrogens is 269 g/mol. The topological polar surface area (TPSA) is 54.9 Å². The average molecular weight is 285 g/mol. The molecule has 21 heavy (non-hydrogen) atoms. The molecule has 1 aromatic heterocycles. The Kier molecular flexibility index (Phi) is 3.64. The zero-order valence-corrected chi connectivity index (χ0v) is 11.8. The van der Waals surface area contributed by atoms with Gasteiger partial charge in [0.1, 0.15) is 12.0 Å². The molecule has 0 spiro atoms. The normalized spacial score (nSPS) is 17.8. The molecule has 1 aliphatic heterocycles. The smallest absolute Gasteiger partial charge is 0.220 e. The first-order chi connectivity index (χ1) is 10.2. The third-order valence-corrected chi connectivity index (χ3v) is 3.83. The van der Waals surface area contributed by atoms with Gasteiger partial charge in [0, 0.05) is 24.4 Å². The molecule has 0 aliphatic carbocycles. The molecule has 1 atom stereocenters. The van der Waals surface area contributed by atoms with E-state index in [0.717, 1.165) is 11.1 Å². The molecule has 2 aromatic rings. The number of halogens is 1. The van der Waals surface area contributed by atoms with Crippen molar-refractivity contribution in [1.29, 1.82) is 0 Å². The molecule has 0 bridgehead atoms. The van der Waals surface area contributed by atoms with E-state index in [2.05, 4.69) is 15.3 Å². The molecule has 3 rings (SSSR count). The number of aryl methyl sites for hydroxylation is 1. The summed E-state index contributed by atoms with van der Waals surface area (Å²) in [4.78, 5) is 19.2. The summed E-state index contributed by atoms with van der Waals surface area (Å²) >= 11 is 0. The fraction of sp³-hybridized carbons (Fsp3) is 0.312. The van der Waals surface area contributed by atoms with Crippen LogP contribution in [0.1, 0.15) is 30.5 Å². The number of aromatic nitrogens is 2. The number of benzene rings is 1. The summed E-state index contributed by atoms with van der Waals surface area (Å²) in [6.07, 6.45) is 2.45. The Morgan fingerprint density at radius 1 is 1.29 bits per heavy atom. The van der Waals surface area contributed by atoms with Crippen molar-refractivity contribution >= 4 is 5.91 Å². The van der Waals surface area contributed by atoms with Crippen molar-refractivity contribution in [3.8, 4) is 11.3 Å². The first kappa shape index (κ1) is 13.7. The van der Waals surface area contributed by atoms with Gasteiger partial charge < -0.3 is 5.32 Å². The van der Waals surface area contributed by atoms with E-state index in [1.807, 2.05) is 31.2 Å². The minimum absolute atomic E-state index is 0.0820. The van der Waals surface area contributed by atoms with E-state index in [-0.39, 0.29) is 17.6 Å². The Hall–Kier alpha value is -2.30. The number of nitrogens with one attached hydrogen (secondary N) is 1. The molecule has 1 unspecified atom stereocenters. The van der Waals surface area contributed by atoms with Crippen molar-refractivity contribution in [2.24, 2.45) is 0 Å². The maximum absolute atomic E-state index is 14.2. The summed E-state index contributed by atoms with van der Waals surface area (Å²) in [5, 5.41) is 2.82. The number of amides is 1. The van der Waals surface area contributed by atoms with E-state index in [1.54, 1.807) is 0 Å². The van der Waals surface area contributed by atoms with Crippen molar-refractivity contribution in [2.45, 2.75) is 25.7 Å². The summed E-state index contributed by atoms with van der Waals surface area (Å²) in [5.41, 5.74) is 2.57. The summed E-state index contributed by atoms with van der Waals surface area (Å²) < 4.78 is 14.2. The third kappa shape index (κ3) is 2.63. The standard InChI is InChI=1S/C16H16FN3O/c1-2-13-15(17)16(20-9-19-13)11-5-3-10(4-6-11)12-7-14(21)18-8-12/h3-6,9,12H,2,7-8H2,1H3,(H,18,21). The number of carbonyl (C=O) groups is 1. The van der Waals surface area contributed by atoms with Crippen molar-refractivity contribution in [3.63, 3.8) is 0 Å². The minimum Gasteiger partial charge on any atom is -0.355 e. The van der Waals surface area contributed by atoms with Gasteiger partial charge in [0.15, 0.2) is 5.82 Å². The van der Waals surface area contributed by atoms with E-state index in [1.165, 1.54) is 6.33 Å². The lowest BCUT2D eigenvalue weighted by molar-refractivity contribution is -0.119. The van der Waals surface area contributed by atoms with E-state index < -0.39 is 0 Å². The van der Waals surface area contributed by atoms with Crippen LogP contribution in [0.25, 0.3) is 11.3 Å². The highest BCUT2D eigenvalue weighted by atomic mass is 19.1. The molecule has 5 heteroatoms. The quantitative estimate of drug-likeness (QED) is 0.942. The summed E-state index contributed by atoms with van der Waals surface area (Å²) in [6, 6.07) is 7.58. The molecule has 1 amide bonds. The molecule has 2 heterocycles. The Labute approximate surface area is 122 Å². The SMILES string of the molecule is CCc1ncnc(-c2ccc(C3CNC(=O)C3)cc2)c1F.